The first-order valence-corrected chi connectivity index (χ1v) is 6.45. The van der Waals surface area contributed by atoms with Crippen molar-refractivity contribution in [3.8, 4) is 0 Å². The molecule has 6 heteroatoms. The van der Waals surface area contributed by atoms with Crippen molar-refractivity contribution >= 4 is 27.5 Å². The van der Waals surface area contributed by atoms with E-state index in [1.54, 1.807) is 0 Å². The van der Waals surface area contributed by atoms with Gasteiger partial charge in [-0.1, -0.05) is 12.1 Å². The third-order valence-corrected chi connectivity index (χ3v) is 3.29. The van der Waals surface area contributed by atoms with Crippen molar-refractivity contribution in [1.29, 1.82) is 0 Å². The van der Waals surface area contributed by atoms with Crippen LogP contribution in [0.25, 0.3) is 10.2 Å². The Labute approximate surface area is 108 Å². The van der Waals surface area contributed by atoms with E-state index in [1.165, 1.54) is 11.3 Å². The minimum atomic E-state index is -0.191. The van der Waals surface area contributed by atoms with Crippen LogP contribution in [0.3, 0.4) is 0 Å². The third-order valence-electron chi connectivity index (χ3n) is 2.26. The van der Waals surface area contributed by atoms with Crippen LogP contribution < -0.4 is 5.32 Å². The van der Waals surface area contributed by atoms with Gasteiger partial charge in [-0.25, -0.2) is 4.98 Å². The molecule has 1 aromatic heterocycles. The number of hydrogen-bond donors (Lipinski definition) is 2. The fraction of sp³-hybridized carbons (Fsp3) is 0.333. The normalized spacial score (nSPS) is 10.7. The van der Waals surface area contributed by atoms with E-state index in [1.807, 2.05) is 24.3 Å². The predicted molar refractivity (Wildman–Crippen MR) is 69.9 cm³/mol. The lowest BCUT2D eigenvalue weighted by Gasteiger charge is -2.03. The molecule has 2 aromatic rings. The standard InChI is InChI=1S/C12H14N2O3S/c15-6-8-17-7-5-13-11(16)12-14-9-3-1-2-4-10(9)18-12/h1-4,15H,5-8H2,(H,13,16). The Kier molecular flexibility index (Phi) is 4.63. The van der Waals surface area contributed by atoms with E-state index in [2.05, 4.69) is 10.3 Å². The van der Waals surface area contributed by atoms with Crippen molar-refractivity contribution < 1.29 is 14.6 Å². The van der Waals surface area contributed by atoms with E-state index < -0.39 is 0 Å². The van der Waals surface area contributed by atoms with E-state index in [4.69, 9.17) is 9.84 Å². The largest absolute Gasteiger partial charge is 0.394 e. The summed E-state index contributed by atoms with van der Waals surface area (Å²) in [6.45, 7) is 1.08. The Hall–Kier alpha value is -1.50. The number of benzene rings is 1. The summed E-state index contributed by atoms with van der Waals surface area (Å²) in [5.41, 5.74) is 0.837. The van der Waals surface area contributed by atoms with Gasteiger partial charge < -0.3 is 15.2 Å². The van der Waals surface area contributed by atoms with Gasteiger partial charge in [0, 0.05) is 6.54 Å². The van der Waals surface area contributed by atoms with Crippen molar-refractivity contribution in [3.05, 3.63) is 29.3 Å². The van der Waals surface area contributed by atoms with Crippen LogP contribution in [-0.4, -0.2) is 42.4 Å². The summed E-state index contributed by atoms with van der Waals surface area (Å²) in [4.78, 5) is 16.0. The molecule has 0 radical (unpaired) electrons. The predicted octanol–water partition coefficient (Wildman–Crippen LogP) is 1.03. The van der Waals surface area contributed by atoms with Crippen LogP contribution in [-0.2, 0) is 4.74 Å². The summed E-state index contributed by atoms with van der Waals surface area (Å²) < 4.78 is 6.05. The van der Waals surface area contributed by atoms with Crippen LogP contribution in [0.5, 0.6) is 0 Å². The number of hydrogen-bond acceptors (Lipinski definition) is 5. The molecular weight excluding hydrogens is 252 g/mol. The summed E-state index contributed by atoms with van der Waals surface area (Å²) in [7, 11) is 0. The molecule has 18 heavy (non-hydrogen) atoms. The molecule has 0 aliphatic carbocycles. The Bertz CT molecular complexity index is 494. The number of aliphatic hydroxyl groups is 1. The Balaban J connectivity index is 1.88. The molecule has 0 bridgehead atoms. The van der Waals surface area contributed by atoms with E-state index in [-0.39, 0.29) is 19.1 Å². The Morgan fingerprint density at radius 3 is 3.00 bits per heavy atom. The van der Waals surface area contributed by atoms with Gasteiger partial charge in [0.05, 0.1) is 30.0 Å². The highest BCUT2D eigenvalue weighted by atomic mass is 32.1. The summed E-state index contributed by atoms with van der Waals surface area (Å²) in [6, 6.07) is 7.64. The fourth-order valence-electron chi connectivity index (χ4n) is 1.45. The lowest BCUT2D eigenvalue weighted by Crippen LogP contribution is -2.27. The number of carbonyl (C=O) groups is 1. The van der Waals surface area contributed by atoms with Gasteiger partial charge in [-0.05, 0) is 12.1 Å². The van der Waals surface area contributed by atoms with Gasteiger partial charge in [-0.15, -0.1) is 11.3 Å². The molecular formula is C12H14N2O3S. The minimum absolute atomic E-state index is 0.00812. The molecule has 0 aliphatic heterocycles. The number of fused-ring (bicyclic) bond motifs is 1. The van der Waals surface area contributed by atoms with Crippen molar-refractivity contribution in [2.45, 2.75) is 0 Å². The highest BCUT2D eigenvalue weighted by molar-refractivity contribution is 7.20. The molecule has 0 saturated heterocycles. The van der Waals surface area contributed by atoms with Crippen LogP contribution in [0.2, 0.25) is 0 Å². The molecule has 0 aliphatic rings. The van der Waals surface area contributed by atoms with Gasteiger partial charge in [0.15, 0.2) is 5.01 Å². The topological polar surface area (TPSA) is 71.5 Å². The molecule has 0 fully saturated rings. The number of para-hydroxylation sites is 1. The van der Waals surface area contributed by atoms with Crippen molar-refractivity contribution in [3.63, 3.8) is 0 Å². The van der Waals surface area contributed by atoms with Gasteiger partial charge >= 0.3 is 0 Å². The quantitative estimate of drug-likeness (QED) is 0.766. The number of aliphatic hydroxyl groups excluding tert-OH is 1. The van der Waals surface area contributed by atoms with Crippen LogP contribution in [0, 0.1) is 0 Å². The van der Waals surface area contributed by atoms with Gasteiger partial charge in [0.25, 0.3) is 5.91 Å². The van der Waals surface area contributed by atoms with E-state index >= 15 is 0 Å². The lowest BCUT2D eigenvalue weighted by atomic mass is 10.3. The summed E-state index contributed by atoms with van der Waals surface area (Å²) in [5, 5.41) is 11.7. The zero-order valence-corrected chi connectivity index (χ0v) is 10.6. The number of aromatic nitrogens is 1. The molecule has 2 N–H and O–H groups in total. The van der Waals surface area contributed by atoms with Crippen molar-refractivity contribution in [2.75, 3.05) is 26.4 Å². The highest BCUT2D eigenvalue weighted by Crippen LogP contribution is 2.21. The zero-order valence-electron chi connectivity index (χ0n) is 9.76. The van der Waals surface area contributed by atoms with Gasteiger partial charge in [0.2, 0.25) is 0 Å². The van der Waals surface area contributed by atoms with Gasteiger partial charge in [-0.3, -0.25) is 4.79 Å². The maximum absolute atomic E-state index is 11.8. The second-order valence-electron chi connectivity index (χ2n) is 3.58. The molecule has 0 saturated carbocycles. The zero-order chi connectivity index (χ0) is 12.8. The van der Waals surface area contributed by atoms with Gasteiger partial charge in [-0.2, -0.15) is 0 Å². The second-order valence-corrected chi connectivity index (χ2v) is 4.61. The summed E-state index contributed by atoms with van der Waals surface area (Å²) in [5.74, 6) is -0.191. The number of amides is 1. The van der Waals surface area contributed by atoms with E-state index in [0.29, 0.717) is 18.2 Å². The first-order chi connectivity index (χ1) is 8.81. The number of rotatable bonds is 6. The monoisotopic (exact) mass is 266 g/mol. The molecule has 0 spiro atoms. The third kappa shape index (κ3) is 3.25. The highest BCUT2D eigenvalue weighted by Gasteiger charge is 2.10. The number of carbonyl (C=O) groups excluding carboxylic acids is 1. The van der Waals surface area contributed by atoms with Crippen LogP contribution in [0.15, 0.2) is 24.3 Å². The molecule has 0 atom stereocenters. The van der Waals surface area contributed by atoms with Crippen molar-refractivity contribution in [1.82, 2.24) is 10.3 Å². The molecule has 2 rings (SSSR count). The fourth-order valence-corrected chi connectivity index (χ4v) is 2.33. The Morgan fingerprint density at radius 1 is 1.39 bits per heavy atom. The summed E-state index contributed by atoms with van der Waals surface area (Å²) in [6.07, 6.45) is 0. The van der Waals surface area contributed by atoms with Crippen LogP contribution in [0.1, 0.15) is 9.80 Å². The number of nitrogens with one attached hydrogen (secondary N) is 1. The Morgan fingerprint density at radius 2 is 2.22 bits per heavy atom. The average molecular weight is 266 g/mol. The number of nitrogens with zero attached hydrogens (tertiary/aromatic N) is 1. The second kappa shape index (κ2) is 6.44. The summed E-state index contributed by atoms with van der Waals surface area (Å²) >= 11 is 1.37. The molecule has 1 amide bonds. The molecule has 5 nitrogen and oxygen atoms in total. The van der Waals surface area contributed by atoms with Crippen LogP contribution >= 0.6 is 11.3 Å². The molecule has 1 heterocycles. The number of thiazole rings is 1. The SMILES string of the molecule is O=C(NCCOCCO)c1nc2ccccc2s1. The molecule has 0 unspecified atom stereocenters. The number of ether oxygens (including phenoxy) is 1. The van der Waals surface area contributed by atoms with Crippen LogP contribution in [0.4, 0.5) is 0 Å². The smallest absolute Gasteiger partial charge is 0.280 e. The van der Waals surface area contributed by atoms with E-state index in [9.17, 15) is 4.79 Å². The first kappa shape index (κ1) is 12.9. The molecule has 1 aromatic carbocycles. The average Bonchev–Trinajstić information content (AvgIpc) is 2.82. The van der Waals surface area contributed by atoms with Crippen molar-refractivity contribution in [2.24, 2.45) is 0 Å². The maximum atomic E-state index is 11.8. The van der Waals surface area contributed by atoms with E-state index in [0.717, 1.165) is 10.2 Å². The molecule has 96 valence electrons. The minimum Gasteiger partial charge on any atom is -0.394 e. The van der Waals surface area contributed by atoms with Gasteiger partial charge in [0.1, 0.15) is 0 Å². The maximum Gasteiger partial charge on any atom is 0.280 e. The first-order valence-electron chi connectivity index (χ1n) is 5.63. The lowest BCUT2D eigenvalue weighted by molar-refractivity contribution is 0.0838.